The summed E-state index contributed by atoms with van der Waals surface area (Å²) < 4.78 is 6.82. The maximum Gasteiger partial charge on any atom is 0.251 e. The minimum absolute atomic E-state index is 0.0993. The molecule has 0 saturated heterocycles. The Morgan fingerprint density at radius 3 is 1.69 bits per heavy atom. The van der Waals surface area contributed by atoms with Gasteiger partial charge in [0.1, 0.15) is 19.6 Å². The van der Waals surface area contributed by atoms with Gasteiger partial charge in [0, 0.05) is 23.1 Å². The van der Waals surface area contributed by atoms with E-state index in [0.29, 0.717) is 17.8 Å². The van der Waals surface area contributed by atoms with Crippen LogP contribution in [-0.4, -0.2) is 14.8 Å². The third kappa shape index (κ3) is 4.77. The van der Waals surface area contributed by atoms with Crippen LogP contribution in [0.1, 0.15) is 76.0 Å². The van der Waals surface area contributed by atoms with Crippen molar-refractivity contribution >= 4 is 58.6 Å². The van der Waals surface area contributed by atoms with Crippen LogP contribution in [0.2, 0.25) is 13.1 Å². The molecule has 2 nitrogen and oxygen atoms in total. The normalized spacial score (nSPS) is 14.6. The average Bonchev–Trinajstić information content (AvgIpc) is 3.03. The number of anilines is 3. The topological polar surface area (TPSA) is 12.5 Å². The summed E-state index contributed by atoms with van der Waals surface area (Å²) in [6, 6.07) is 38.6. The van der Waals surface area contributed by atoms with E-state index in [1.807, 2.05) is 0 Å². The fraction of sp³-hybridized carbons (Fsp3) is 0.268. The molecule has 2 aliphatic heterocycles. The van der Waals surface area contributed by atoms with E-state index in [-0.39, 0.29) is 6.71 Å². The molecule has 0 spiro atoms. The minimum atomic E-state index is -1.86. The molecule has 2 aliphatic rings. The van der Waals surface area contributed by atoms with Gasteiger partial charge < -0.3 is 9.64 Å². The second-order valence-corrected chi connectivity index (χ2v) is 18.7. The highest BCUT2D eigenvalue weighted by atomic mass is 28.3. The lowest BCUT2D eigenvalue weighted by atomic mass is 9.34. The predicted octanol–water partition coefficient (Wildman–Crippen LogP) is 8.28. The van der Waals surface area contributed by atoms with Crippen LogP contribution in [0.5, 0.6) is 11.5 Å². The molecular formula is C41H44BNOSi. The zero-order chi connectivity index (χ0) is 31.6. The molecule has 226 valence electrons. The van der Waals surface area contributed by atoms with Gasteiger partial charge in [0.2, 0.25) is 0 Å². The smallest absolute Gasteiger partial charge is 0.251 e. The second-order valence-electron chi connectivity index (χ2n) is 14.4. The van der Waals surface area contributed by atoms with E-state index in [1.165, 1.54) is 54.8 Å². The zero-order valence-corrected chi connectivity index (χ0v) is 29.0. The molecule has 0 unspecified atom stereocenters. The molecule has 0 amide bonds. The first-order chi connectivity index (χ1) is 21.6. The maximum absolute atomic E-state index is 6.82. The monoisotopic (exact) mass is 605 g/mol. The van der Waals surface area contributed by atoms with Gasteiger partial charge in [-0.25, -0.2) is 0 Å². The molecular weight excluding hydrogens is 561 g/mol. The van der Waals surface area contributed by atoms with Crippen molar-refractivity contribution in [2.75, 3.05) is 4.90 Å². The molecule has 5 aromatic rings. The lowest BCUT2D eigenvalue weighted by Gasteiger charge is -2.41. The third-order valence-corrected chi connectivity index (χ3v) is 13.7. The standard InChI is InChI=1S/C41H44BNOSi/c1-26(2)29-23-31(27(3)4)41(32(24-29)28(5)6)42-33-15-9-12-18-37(33)44-38-25-30(21-22-34(38)42)43-35-16-10-13-19-39(35)45(7,8)40-20-14-11-17-36(40)43/h9-28H,1-8H3. The number of para-hydroxylation sites is 3. The Balaban J connectivity index is 1.46. The molecule has 0 bridgehead atoms. The van der Waals surface area contributed by atoms with Crippen molar-refractivity contribution < 1.29 is 4.74 Å². The molecule has 0 fully saturated rings. The number of benzene rings is 5. The maximum atomic E-state index is 6.82. The molecule has 0 N–H and O–H groups in total. The Labute approximate surface area is 271 Å². The number of ether oxygens (including phenoxy) is 1. The number of rotatable bonds is 5. The van der Waals surface area contributed by atoms with Gasteiger partial charge in [0.05, 0.1) is 0 Å². The van der Waals surface area contributed by atoms with Crippen LogP contribution in [0, 0.1) is 0 Å². The van der Waals surface area contributed by atoms with E-state index >= 15 is 0 Å². The van der Waals surface area contributed by atoms with Crippen LogP contribution < -0.4 is 36.4 Å². The summed E-state index contributed by atoms with van der Waals surface area (Å²) in [5.74, 6) is 3.20. The first-order valence-corrected chi connectivity index (χ1v) is 19.7. The van der Waals surface area contributed by atoms with Crippen molar-refractivity contribution in [1.82, 2.24) is 0 Å². The van der Waals surface area contributed by atoms with Crippen molar-refractivity contribution in [1.29, 1.82) is 0 Å². The van der Waals surface area contributed by atoms with E-state index in [0.717, 1.165) is 17.2 Å². The Bertz CT molecular complexity index is 1840. The van der Waals surface area contributed by atoms with Crippen LogP contribution in [-0.2, 0) is 0 Å². The van der Waals surface area contributed by atoms with E-state index in [1.54, 1.807) is 0 Å². The summed E-state index contributed by atoms with van der Waals surface area (Å²) >= 11 is 0. The van der Waals surface area contributed by atoms with Crippen molar-refractivity contribution in [3.63, 3.8) is 0 Å². The summed E-state index contributed by atoms with van der Waals surface area (Å²) in [5.41, 5.74) is 12.0. The molecule has 5 aromatic carbocycles. The average molecular weight is 606 g/mol. The lowest BCUT2D eigenvalue weighted by molar-refractivity contribution is 0.487. The quantitative estimate of drug-likeness (QED) is 0.183. The summed E-state index contributed by atoms with van der Waals surface area (Å²) in [4.78, 5) is 2.46. The fourth-order valence-corrected chi connectivity index (χ4v) is 10.7. The van der Waals surface area contributed by atoms with Crippen LogP contribution >= 0.6 is 0 Å². The van der Waals surface area contributed by atoms with Gasteiger partial charge in [-0.15, -0.1) is 0 Å². The Morgan fingerprint density at radius 2 is 1.11 bits per heavy atom. The van der Waals surface area contributed by atoms with Crippen LogP contribution in [0.15, 0.2) is 103 Å². The van der Waals surface area contributed by atoms with Crippen molar-refractivity contribution in [3.05, 3.63) is 120 Å². The van der Waals surface area contributed by atoms with Gasteiger partial charge in [0.15, 0.2) is 0 Å². The summed E-state index contributed by atoms with van der Waals surface area (Å²) in [7, 11) is -1.86. The minimum Gasteiger partial charge on any atom is -0.458 e. The van der Waals surface area contributed by atoms with Crippen LogP contribution in [0.25, 0.3) is 0 Å². The zero-order valence-electron chi connectivity index (χ0n) is 28.0. The molecule has 2 heterocycles. The van der Waals surface area contributed by atoms with Crippen molar-refractivity contribution in [3.8, 4) is 11.5 Å². The predicted molar refractivity (Wildman–Crippen MR) is 198 cm³/mol. The largest absolute Gasteiger partial charge is 0.458 e. The summed E-state index contributed by atoms with van der Waals surface area (Å²) in [6.07, 6.45) is 0. The molecule has 0 radical (unpaired) electrons. The van der Waals surface area contributed by atoms with Gasteiger partial charge >= 0.3 is 0 Å². The van der Waals surface area contributed by atoms with Gasteiger partial charge in [-0.1, -0.05) is 133 Å². The van der Waals surface area contributed by atoms with Crippen molar-refractivity contribution in [2.45, 2.75) is 72.4 Å². The lowest BCUT2D eigenvalue weighted by Crippen LogP contribution is -2.58. The molecule has 0 aromatic heterocycles. The highest BCUT2D eigenvalue weighted by Gasteiger charge is 2.40. The van der Waals surface area contributed by atoms with E-state index in [2.05, 4.69) is 163 Å². The highest BCUT2D eigenvalue weighted by molar-refractivity contribution is 7.02. The molecule has 0 saturated carbocycles. The molecule has 7 rings (SSSR count). The Morgan fingerprint density at radius 1 is 0.578 bits per heavy atom. The van der Waals surface area contributed by atoms with Gasteiger partial charge in [-0.3, -0.25) is 0 Å². The second kappa shape index (κ2) is 11.1. The molecule has 4 heteroatoms. The van der Waals surface area contributed by atoms with Gasteiger partial charge in [-0.05, 0) is 80.0 Å². The number of nitrogens with zero attached hydrogens (tertiary/aromatic N) is 1. The summed E-state index contributed by atoms with van der Waals surface area (Å²) in [5, 5.41) is 2.94. The fourth-order valence-electron chi connectivity index (χ4n) is 7.69. The Hall–Kier alpha value is -4.02. The van der Waals surface area contributed by atoms with E-state index in [4.69, 9.17) is 4.74 Å². The van der Waals surface area contributed by atoms with E-state index < -0.39 is 8.07 Å². The molecule has 0 atom stereocenters. The van der Waals surface area contributed by atoms with Gasteiger partial charge in [0.25, 0.3) is 6.71 Å². The number of hydrogen-bond donors (Lipinski definition) is 0. The third-order valence-electron chi connectivity index (χ3n) is 10.1. The van der Waals surface area contributed by atoms with Crippen LogP contribution in [0.3, 0.4) is 0 Å². The first kappa shape index (κ1) is 29.7. The molecule has 45 heavy (non-hydrogen) atoms. The van der Waals surface area contributed by atoms with Gasteiger partial charge in [-0.2, -0.15) is 0 Å². The van der Waals surface area contributed by atoms with E-state index in [9.17, 15) is 0 Å². The number of fused-ring (bicyclic) bond motifs is 4. The highest BCUT2D eigenvalue weighted by Crippen LogP contribution is 2.40. The SMILES string of the molecule is CC(C)c1cc(C(C)C)c(B2c3ccccc3Oc3cc(N4c5ccccc5[Si](C)(C)c5ccccc54)ccc32)c(C(C)C)c1. The Kier molecular flexibility index (Phi) is 7.32. The molecule has 0 aliphatic carbocycles. The van der Waals surface area contributed by atoms with Crippen LogP contribution in [0.4, 0.5) is 17.1 Å². The number of hydrogen-bond acceptors (Lipinski definition) is 2. The van der Waals surface area contributed by atoms with Crippen molar-refractivity contribution in [2.24, 2.45) is 0 Å². The summed E-state index contributed by atoms with van der Waals surface area (Å²) in [6.45, 7) is 19.1. The first-order valence-electron chi connectivity index (χ1n) is 16.7.